The van der Waals surface area contributed by atoms with Crippen molar-refractivity contribution in [1.82, 2.24) is 20.0 Å². The second-order valence-corrected chi connectivity index (χ2v) is 4.56. The van der Waals surface area contributed by atoms with Gasteiger partial charge in [-0.2, -0.15) is 0 Å². The molecule has 0 amide bonds. The highest BCUT2D eigenvalue weighted by Crippen LogP contribution is 2.10. The number of hydrogen-bond donors (Lipinski definition) is 2. The molecule has 1 aliphatic heterocycles. The highest BCUT2D eigenvalue weighted by Gasteiger charge is 2.05. The van der Waals surface area contributed by atoms with Gasteiger partial charge < -0.3 is 10.6 Å². The van der Waals surface area contributed by atoms with E-state index >= 15 is 0 Å². The molecule has 0 fully saturated rings. The van der Waals surface area contributed by atoms with Crippen LogP contribution in [0.1, 0.15) is 12.1 Å². The monoisotopic (exact) mass is 235 g/mol. The lowest BCUT2D eigenvalue weighted by Crippen LogP contribution is -2.40. The maximum Gasteiger partial charge on any atom is 0.193 e. The number of imidazole rings is 1. The fourth-order valence-electron chi connectivity index (χ4n) is 1.69. The lowest BCUT2D eigenvalue weighted by atomic mass is 10.4. The van der Waals surface area contributed by atoms with Gasteiger partial charge in [0.05, 0.1) is 12.2 Å². The lowest BCUT2D eigenvalue weighted by molar-refractivity contribution is 0.699. The minimum Gasteiger partial charge on any atom is -0.356 e. The van der Waals surface area contributed by atoms with Crippen molar-refractivity contribution in [3.8, 4) is 0 Å². The molecular weight excluding hydrogens is 222 g/mol. The van der Waals surface area contributed by atoms with Crippen LogP contribution < -0.4 is 10.6 Å². The number of nitrogens with one attached hydrogen (secondary N) is 2. The molecular formula is C10H13N5S. The first kappa shape index (κ1) is 9.65. The van der Waals surface area contributed by atoms with E-state index in [9.17, 15) is 0 Å². The molecule has 0 saturated heterocycles. The van der Waals surface area contributed by atoms with E-state index in [-0.39, 0.29) is 0 Å². The zero-order chi connectivity index (χ0) is 10.8. The summed E-state index contributed by atoms with van der Waals surface area (Å²) in [6, 6.07) is 0. The van der Waals surface area contributed by atoms with E-state index in [1.54, 1.807) is 11.3 Å². The molecule has 0 aromatic carbocycles. The van der Waals surface area contributed by atoms with Gasteiger partial charge in [-0.15, -0.1) is 11.3 Å². The molecule has 2 aromatic rings. The average molecular weight is 235 g/mol. The molecule has 2 N–H and O–H groups in total. The van der Waals surface area contributed by atoms with E-state index < -0.39 is 0 Å². The first-order valence-electron chi connectivity index (χ1n) is 5.35. The van der Waals surface area contributed by atoms with Gasteiger partial charge in [0, 0.05) is 30.9 Å². The Labute approximate surface area is 97.2 Å². The van der Waals surface area contributed by atoms with E-state index in [1.165, 1.54) is 0 Å². The fraction of sp³-hybridized carbons (Fsp3) is 0.400. The third kappa shape index (κ3) is 1.88. The van der Waals surface area contributed by atoms with Crippen LogP contribution in [0.4, 0.5) is 0 Å². The van der Waals surface area contributed by atoms with Crippen LogP contribution in [0.5, 0.6) is 0 Å². The zero-order valence-corrected chi connectivity index (χ0v) is 9.63. The van der Waals surface area contributed by atoms with Gasteiger partial charge >= 0.3 is 0 Å². The Morgan fingerprint density at radius 2 is 2.56 bits per heavy atom. The second kappa shape index (κ2) is 4.13. The molecule has 84 valence electrons. The lowest BCUT2D eigenvalue weighted by Gasteiger charge is -2.15. The quantitative estimate of drug-likeness (QED) is 0.811. The molecule has 0 unspecified atom stereocenters. The Hall–Kier alpha value is -1.56. The highest BCUT2D eigenvalue weighted by molar-refractivity contribution is 7.15. The SMILES string of the molecule is c1cn2cc(CNC3=NCCCN3)nc2s1. The number of rotatable bonds is 2. The number of fused-ring (bicyclic) bond motifs is 1. The van der Waals surface area contributed by atoms with Crippen LogP contribution in [0.25, 0.3) is 4.96 Å². The molecule has 0 bridgehead atoms. The number of nitrogens with zero attached hydrogens (tertiary/aromatic N) is 3. The third-order valence-corrected chi connectivity index (χ3v) is 3.25. The molecule has 1 aliphatic rings. The summed E-state index contributed by atoms with van der Waals surface area (Å²) in [7, 11) is 0. The molecule has 0 aliphatic carbocycles. The molecule has 2 aromatic heterocycles. The maximum atomic E-state index is 4.49. The smallest absolute Gasteiger partial charge is 0.193 e. The van der Waals surface area contributed by atoms with Crippen molar-refractivity contribution in [1.29, 1.82) is 0 Å². The molecule has 3 heterocycles. The van der Waals surface area contributed by atoms with Crippen molar-refractivity contribution in [3.05, 3.63) is 23.5 Å². The predicted octanol–water partition coefficient (Wildman–Crippen LogP) is 0.835. The van der Waals surface area contributed by atoms with Gasteiger partial charge in [0.15, 0.2) is 10.9 Å². The van der Waals surface area contributed by atoms with Crippen molar-refractivity contribution < 1.29 is 0 Å². The van der Waals surface area contributed by atoms with Crippen LogP contribution in [0.2, 0.25) is 0 Å². The zero-order valence-electron chi connectivity index (χ0n) is 8.81. The molecule has 16 heavy (non-hydrogen) atoms. The van der Waals surface area contributed by atoms with Crippen molar-refractivity contribution in [3.63, 3.8) is 0 Å². The molecule has 0 atom stereocenters. The molecule has 5 nitrogen and oxygen atoms in total. The maximum absolute atomic E-state index is 4.49. The molecule has 3 rings (SSSR count). The van der Waals surface area contributed by atoms with Gasteiger partial charge in [0.25, 0.3) is 0 Å². The molecule has 6 heteroatoms. The number of hydrogen-bond acceptors (Lipinski definition) is 5. The Kier molecular flexibility index (Phi) is 2.49. The predicted molar refractivity (Wildman–Crippen MR) is 64.8 cm³/mol. The van der Waals surface area contributed by atoms with E-state index in [0.29, 0.717) is 0 Å². The van der Waals surface area contributed by atoms with Crippen molar-refractivity contribution >= 4 is 22.3 Å². The van der Waals surface area contributed by atoms with Gasteiger partial charge in [-0.25, -0.2) is 4.98 Å². The summed E-state index contributed by atoms with van der Waals surface area (Å²) in [4.78, 5) is 9.88. The number of guanidine groups is 1. The van der Waals surface area contributed by atoms with Crippen molar-refractivity contribution in [2.75, 3.05) is 13.1 Å². The summed E-state index contributed by atoms with van der Waals surface area (Å²) < 4.78 is 2.04. The Morgan fingerprint density at radius 1 is 1.56 bits per heavy atom. The van der Waals surface area contributed by atoms with Crippen LogP contribution in [-0.2, 0) is 6.54 Å². The van der Waals surface area contributed by atoms with Crippen LogP contribution in [-0.4, -0.2) is 28.4 Å². The van der Waals surface area contributed by atoms with Gasteiger partial charge in [-0.3, -0.25) is 9.39 Å². The summed E-state index contributed by atoms with van der Waals surface area (Å²) in [6.07, 6.45) is 5.18. The highest BCUT2D eigenvalue weighted by atomic mass is 32.1. The minimum absolute atomic E-state index is 0.722. The van der Waals surface area contributed by atoms with E-state index in [2.05, 4.69) is 20.6 Å². The van der Waals surface area contributed by atoms with Gasteiger partial charge in [-0.05, 0) is 6.42 Å². The van der Waals surface area contributed by atoms with Crippen LogP contribution in [0.15, 0.2) is 22.8 Å². The Balaban J connectivity index is 1.66. The largest absolute Gasteiger partial charge is 0.356 e. The second-order valence-electron chi connectivity index (χ2n) is 3.69. The van der Waals surface area contributed by atoms with Crippen LogP contribution in [0, 0.1) is 0 Å². The molecule has 0 spiro atoms. The molecule has 0 radical (unpaired) electrons. The van der Waals surface area contributed by atoms with E-state index in [0.717, 1.165) is 42.7 Å². The van der Waals surface area contributed by atoms with Crippen LogP contribution >= 0.6 is 11.3 Å². The summed E-state index contributed by atoms with van der Waals surface area (Å²) in [6.45, 7) is 2.64. The minimum atomic E-state index is 0.722. The molecule has 0 saturated carbocycles. The first-order chi connectivity index (χ1) is 7.92. The van der Waals surface area contributed by atoms with E-state index in [4.69, 9.17) is 0 Å². The van der Waals surface area contributed by atoms with Crippen molar-refractivity contribution in [2.24, 2.45) is 4.99 Å². The van der Waals surface area contributed by atoms with Gasteiger partial charge in [-0.1, -0.05) is 0 Å². The summed E-state index contributed by atoms with van der Waals surface area (Å²) in [5, 5.41) is 8.51. The summed E-state index contributed by atoms with van der Waals surface area (Å²) in [5.41, 5.74) is 1.04. The van der Waals surface area contributed by atoms with Crippen LogP contribution in [0.3, 0.4) is 0 Å². The normalized spacial score (nSPS) is 15.9. The number of aromatic nitrogens is 2. The number of thiazole rings is 1. The fourth-order valence-corrected chi connectivity index (χ4v) is 2.41. The van der Waals surface area contributed by atoms with E-state index in [1.807, 2.05) is 22.2 Å². The van der Waals surface area contributed by atoms with Gasteiger partial charge in [0.1, 0.15) is 0 Å². The summed E-state index contributed by atoms with van der Waals surface area (Å²) in [5.74, 6) is 0.891. The van der Waals surface area contributed by atoms with Crippen molar-refractivity contribution in [2.45, 2.75) is 13.0 Å². The topological polar surface area (TPSA) is 53.7 Å². The first-order valence-corrected chi connectivity index (χ1v) is 6.23. The Bertz CT molecular complexity index is 483. The van der Waals surface area contributed by atoms with Gasteiger partial charge in [0.2, 0.25) is 0 Å². The third-order valence-electron chi connectivity index (χ3n) is 2.48. The Morgan fingerprint density at radius 3 is 3.38 bits per heavy atom. The number of aliphatic imine (C=N–C) groups is 1. The standard InChI is InChI=1S/C10H13N5S/c1-2-11-9(12-3-1)13-6-8-7-15-4-5-16-10(15)14-8/h4-5,7H,1-3,6H2,(H2,11,12,13). The summed E-state index contributed by atoms with van der Waals surface area (Å²) >= 11 is 1.65. The average Bonchev–Trinajstić information content (AvgIpc) is 2.88.